The van der Waals surface area contributed by atoms with E-state index in [1.54, 1.807) is 0 Å². The summed E-state index contributed by atoms with van der Waals surface area (Å²) in [4.78, 5) is 39.0. The van der Waals surface area contributed by atoms with Crippen molar-refractivity contribution in [3.8, 4) is 0 Å². The number of alkyl carbamates (subject to hydrolysis) is 1. The van der Waals surface area contributed by atoms with Gasteiger partial charge in [0.15, 0.2) is 0 Å². The number of hydrogen-bond donors (Lipinski definition) is 3. The van der Waals surface area contributed by atoms with Gasteiger partial charge in [-0.2, -0.15) is 0 Å². The zero-order valence-electron chi connectivity index (χ0n) is 19.5. The summed E-state index contributed by atoms with van der Waals surface area (Å²) < 4.78 is 5.27. The zero-order chi connectivity index (χ0) is 23.3. The molecule has 32 heavy (non-hydrogen) atoms. The van der Waals surface area contributed by atoms with Gasteiger partial charge in [-0.1, -0.05) is 30.3 Å². The van der Waals surface area contributed by atoms with E-state index in [9.17, 15) is 14.4 Å². The number of hydrogen-bond acceptors (Lipinski definition) is 5. The summed E-state index contributed by atoms with van der Waals surface area (Å²) in [6, 6.07) is 8.91. The van der Waals surface area contributed by atoms with Gasteiger partial charge in [0.2, 0.25) is 11.8 Å². The number of carbonyl (C=O) groups is 3. The fourth-order valence-electron chi connectivity index (χ4n) is 4.76. The molecule has 3 rings (SSSR count). The van der Waals surface area contributed by atoms with Crippen LogP contribution in [0.4, 0.5) is 4.79 Å². The lowest BCUT2D eigenvalue weighted by atomic mass is 9.84. The molecular formula is C24H36N4O4. The van der Waals surface area contributed by atoms with Gasteiger partial charge in [-0.25, -0.2) is 4.79 Å². The lowest BCUT2D eigenvalue weighted by Gasteiger charge is -2.43. The van der Waals surface area contributed by atoms with Crippen molar-refractivity contribution in [1.29, 1.82) is 0 Å². The van der Waals surface area contributed by atoms with Crippen LogP contribution in [0.5, 0.6) is 0 Å². The second kappa shape index (κ2) is 10.3. The molecule has 1 aromatic carbocycles. The molecular weight excluding hydrogens is 408 g/mol. The molecule has 1 aliphatic heterocycles. The SMILES string of the molecule is CC(=O)N[C@H]1C[C@H](NC(C)(C)C)CCC1N1CC[C@H](NC(=O)OCc2ccccc2)C1=O. The Kier molecular flexibility index (Phi) is 7.77. The lowest BCUT2D eigenvalue weighted by Crippen LogP contribution is -2.59. The predicted octanol–water partition coefficient (Wildman–Crippen LogP) is 2.33. The van der Waals surface area contributed by atoms with Crippen LogP contribution in [-0.4, -0.2) is 59.1 Å². The summed E-state index contributed by atoms with van der Waals surface area (Å²) in [5, 5.41) is 9.38. The molecule has 1 saturated carbocycles. The Morgan fingerprint density at radius 3 is 2.47 bits per heavy atom. The molecule has 2 fully saturated rings. The Bertz CT molecular complexity index is 808. The first-order valence-corrected chi connectivity index (χ1v) is 11.4. The molecule has 0 spiro atoms. The molecule has 4 atom stereocenters. The van der Waals surface area contributed by atoms with E-state index in [1.807, 2.05) is 35.2 Å². The van der Waals surface area contributed by atoms with Crippen molar-refractivity contribution < 1.29 is 19.1 Å². The summed E-state index contributed by atoms with van der Waals surface area (Å²) in [7, 11) is 0. The Balaban J connectivity index is 1.56. The normalized spacial score (nSPS) is 26.0. The highest BCUT2D eigenvalue weighted by Gasteiger charge is 2.43. The molecule has 1 aromatic rings. The summed E-state index contributed by atoms with van der Waals surface area (Å²) in [5.41, 5.74) is 0.873. The number of amides is 3. The van der Waals surface area contributed by atoms with Crippen LogP contribution in [0.15, 0.2) is 30.3 Å². The third kappa shape index (κ3) is 6.69. The van der Waals surface area contributed by atoms with Crippen molar-refractivity contribution in [3.63, 3.8) is 0 Å². The van der Waals surface area contributed by atoms with Crippen molar-refractivity contribution in [2.45, 2.75) is 89.7 Å². The second-order valence-corrected chi connectivity index (χ2v) is 9.86. The standard InChI is InChI=1S/C24H36N4O4/c1-16(29)25-20-14-18(27-24(2,3)4)10-11-21(20)28-13-12-19(22(28)30)26-23(31)32-15-17-8-6-5-7-9-17/h5-9,18-21,27H,10-15H2,1-4H3,(H,25,29)(H,26,31)/t18-,19+,20+,21?/m1/s1. The number of nitrogens with one attached hydrogen (secondary N) is 3. The minimum Gasteiger partial charge on any atom is -0.445 e. The maximum Gasteiger partial charge on any atom is 0.408 e. The van der Waals surface area contributed by atoms with Crippen LogP contribution < -0.4 is 16.0 Å². The lowest BCUT2D eigenvalue weighted by molar-refractivity contribution is -0.133. The highest BCUT2D eigenvalue weighted by molar-refractivity contribution is 5.88. The van der Waals surface area contributed by atoms with Crippen molar-refractivity contribution >= 4 is 17.9 Å². The van der Waals surface area contributed by atoms with E-state index in [4.69, 9.17) is 4.74 Å². The molecule has 8 heteroatoms. The maximum atomic E-state index is 13.1. The van der Waals surface area contributed by atoms with Crippen LogP contribution in [0.2, 0.25) is 0 Å². The van der Waals surface area contributed by atoms with Gasteiger partial charge in [-0.15, -0.1) is 0 Å². The Hall–Kier alpha value is -2.61. The van der Waals surface area contributed by atoms with Crippen LogP contribution >= 0.6 is 0 Å². The van der Waals surface area contributed by atoms with E-state index < -0.39 is 12.1 Å². The summed E-state index contributed by atoms with van der Waals surface area (Å²) in [6.07, 6.45) is 2.44. The van der Waals surface area contributed by atoms with E-state index in [0.717, 1.165) is 24.8 Å². The zero-order valence-corrected chi connectivity index (χ0v) is 19.5. The van der Waals surface area contributed by atoms with Crippen LogP contribution in [0, 0.1) is 0 Å². The first kappa shape index (κ1) is 24.0. The topological polar surface area (TPSA) is 99.8 Å². The van der Waals surface area contributed by atoms with Gasteiger partial charge in [-0.3, -0.25) is 9.59 Å². The van der Waals surface area contributed by atoms with Gasteiger partial charge in [0.25, 0.3) is 0 Å². The van der Waals surface area contributed by atoms with E-state index in [0.29, 0.717) is 13.0 Å². The van der Waals surface area contributed by atoms with E-state index >= 15 is 0 Å². The molecule has 176 valence electrons. The van der Waals surface area contributed by atoms with Crippen LogP contribution in [-0.2, 0) is 20.9 Å². The van der Waals surface area contributed by atoms with E-state index in [-0.39, 0.29) is 42.1 Å². The number of likely N-dealkylation sites (tertiary alicyclic amines) is 1. The molecule has 0 aromatic heterocycles. The average molecular weight is 445 g/mol. The van der Waals surface area contributed by atoms with Crippen LogP contribution in [0.1, 0.15) is 58.9 Å². The molecule has 0 radical (unpaired) electrons. The average Bonchev–Trinajstić information content (AvgIpc) is 3.06. The van der Waals surface area contributed by atoms with Gasteiger partial charge in [0.05, 0.1) is 12.1 Å². The first-order chi connectivity index (χ1) is 15.1. The second-order valence-electron chi connectivity index (χ2n) is 9.86. The summed E-state index contributed by atoms with van der Waals surface area (Å²) >= 11 is 0. The van der Waals surface area contributed by atoms with Gasteiger partial charge in [0, 0.05) is 25.0 Å². The van der Waals surface area contributed by atoms with Gasteiger partial charge >= 0.3 is 6.09 Å². The Morgan fingerprint density at radius 1 is 1.09 bits per heavy atom. The quantitative estimate of drug-likeness (QED) is 0.625. The third-order valence-corrected chi connectivity index (χ3v) is 5.98. The van der Waals surface area contributed by atoms with Crippen molar-refractivity contribution in [1.82, 2.24) is 20.9 Å². The van der Waals surface area contributed by atoms with E-state index in [1.165, 1.54) is 6.92 Å². The number of ether oxygens (including phenoxy) is 1. The van der Waals surface area contributed by atoms with Crippen molar-refractivity contribution in [3.05, 3.63) is 35.9 Å². The predicted molar refractivity (Wildman–Crippen MR) is 122 cm³/mol. The summed E-state index contributed by atoms with van der Waals surface area (Å²) in [6.45, 7) is 8.61. The molecule has 1 aliphatic carbocycles. The van der Waals surface area contributed by atoms with Gasteiger partial charge in [0.1, 0.15) is 12.6 Å². The van der Waals surface area contributed by atoms with Crippen molar-refractivity contribution in [2.75, 3.05) is 6.54 Å². The number of rotatable bonds is 6. The summed E-state index contributed by atoms with van der Waals surface area (Å²) in [5.74, 6) is -0.202. The van der Waals surface area contributed by atoms with Gasteiger partial charge < -0.3 is 25.6 Å². The Morgan fingerprint density at radius 2 is 1.81 bits per heavy atom. The largest absolute Gasteiger partial charge is 0.445 e. The Labute approximate surface area is 190 Å². The number of benzene rings is 1. The molecule has 3 amide bonds. The minimum atomic E-state index is -0.596. The highest BCUT2D eigenvalue weighted by Crippen LogP contribution is 2.28. The molecule has 1 saturated heterocycles. The van der Waals surface area contributed by atoms with Crippen LogP contribution in [0.3, 0.4) is 0 Å². The van der Waals surface area contributed by atoms with E-state index in [2.05, 4.69) is 36.7 Å². The fourth-order valence-corrected chi connectivity index (χ4v) is 4.76. The minimum absolute atomic E-state index is 0.0170. The molecule has 8 nitrogen and oxygen atoms in total. The molecule has 1 unspecified atom stereocenters. The monoisotopic (exact) mass is 444 g/mol. The molecule has 2 aliphatic rings. The highest BCUT2D eigenvalue weighted by atomic mass is 16.5. The van der Waals surface area contributed by atoms with Crippen molar-refractivity contribution in [2.24, 2.45) is 0 Å². The van der Waals surface area contributed by atoms with Gasteiger partial charge in [-0.05, 0) is 52.0 Å². The third-order valence-electron chi connectivity index (χ3n) is 5.98. The maximum absolute atomic E-state index is 13.1. The fraction of sp³-hybridized carbons (Fsp3) is 0.625. The molecule has 3 N–H and O–H groups in total. The van der Waals surface area contributed by atoms with Crippen LogP contribution in [0.25, 0.3) is 0 Å². The smallest absolute Gasteiger partial charge is 0.408 e. The first-order valence-electron chi connectivity index (χ1n) is 11.4. The molecule has 0 bridgehead atoms. The molecule has 1 heterocycles. The number of nitrogens with zero attached hydrogens (tertiary/aromatic N) is 1. The number of carbonyl (C=O) groups excluding carboxylic acids is 3.